The van der Waals surface area contributed by atoms with Gasteiger partial charge in [0.15, 0.2) is 11.5 Å². The van der Waals surface area contributed by atoms with Crippen LogP contribution >= 0.6 is 27.5 Å². The zero-order chi connectivity index (χ0) is 15.4. The molecule has 1 unspecified atom stereocenters. The molecule has 0 aliphatic heterocycles. The first-order valence-electron chi connectivity index (χ1n) is 6.23. The highest BCUT2D eigenvalue weighted by Crippen LogP contribution is 2.33. The van der Waals surface area contributed by atoms with E-state index in [2.05, 4.69) is 21.4 Å². The largest absolute Gasteiger partial charge is 0.493 e. The molecule has 112 valence electrons. The van der Waals surface area contributed by atoms with Crippen molar-refractivity contribution in [2.24, 2.45) is 5.84 Å². The highest BCUT2D eigenvalue weighted by Gasteiger charge is 2.16. The Kier molecular flexibility index (Phi) is 5.47. The number of methoxy groups -OCH3 is 2. The number of nitrogens with one attached hydrogen (secondary N) is 1. The second-order valence-corrected chi connectivity index (χ2v) is 5.77. The Hall–Kier alpha value is -1.27. The summed E-state index contributed by atoms with van der Waals surface area (Å²) in [5.41, 5.74) is 4.70. The average Bonchev–Trinajstić information content (AvgIpc) is 2.46. The predicted octanol–water partition coefficient (Wildman–Crippen LogP) is 3.67. The molecule has 0 fully saturated rings. The third kappa shape index (κ3) is 3.68. The molecule has 0 amide bonds. The molecule has 0 aliphatic carbocycles. The summed E-state index contributed by atoms with van der Waals surface area (Å²) in [6.45, 7) is 0. The van der Waals surface area contributed by atoms with Gasteiger partial charge in [-0.15, -0.1) is 0 Å². The van der Waals surface area contributed by atoms with E-state index in [4.69, 9.17) is 26.9 Å². The Morgan fingerprint density at radius 3 is 2.33 bits per heavy atom. The molecule has 4 nitrogen and oxygen atoms in total. The molecule has 2 rings (SSSR count). The third-order valence-electron chi connectivity index (χ3n) is 3.13. The minimum Gasteiger partial charge on any atom is -0.493 e. The first-order chi connectivity index (χ1) is 10.1. The predicted molar refractivity (Wildman–Crippen MR) is 87.9 cm³/mol. The molecule has 2 aromatic carbocycles. The second kappa shape index (κ2) is 7.13. The third-order valence-corrected chi connectivity index (χ3v) is 3.80. The van der Waals surface area contributed by atoms with Crippen molar-refractivity contribution in [1.29, 1.82) is 0 Å². The summed E-state index contributed by atoms with van der Waals surface area (Å²) in [5, 5.41) is 0.639. The maximum Gasteiger partial charge on any atom is 0.161 e. The van der Waals surface area contributed by atoms with Gasteiger partial charge in [0.25, 0.3) is 0 Å². The van der Waals surface area contributed by atoms with Crippen LogP contribution in [-0.4, -0.2) is 14.2 Å². The molecular weight excluding hydrogens is 356 g/mol. The SMILES string of the molecule is COc1ccc(C(NN)c2cc(Cl)cc(Br)c2)cc1OC. The fraction of sp³-hybridized carbons (Fsp3) is 0.200. The number of nitrogens with two attached hydrogens (primary N) is 1. The summed E-state index contributed by atoms with van der Waals surface area (Å²) in [4.78, 5) is 0. The molecule has 0 bridgehead atoms. The van der Waals surface area contributed by atoms with Crippen LogP contribution in [0.3, 0.4) is 0 Å². The molecule has 21 heavy (non-hydrogen) atoms. The van der Waals surface area contributed by atoms with E-state index in [9.17, 15) is 0 Å². The summed E-state index contributed by atoms with van der Waals surface area (Å²) >= 11 is 9.54. The minimum absolute atomic E-state index is 0.209. The summed E-state index contributed by atoms with van der Waals surface area (Å²) in [6.07, 6.45) is 0. The zero-order valence-electron chi connectivity index (χ0n) is 11.7. The van der Waals surface area contributed by atoms with E-state index in [1.54, 1.807) is 14.2 Å². The molecule has 0 saturated carbocycles. The lowest BCUT2D eigenvalue weighted by Crippen LogP contribution is -2.28. The summed E-state index contributed by atoms with van der Waals surface area (Å²) < 4.78 is 11.5. The highest BCUT2D eigenvalue weighted by atomic mass is 79.9. The Morgan fingerprint density at radius 2 is 1.76 bits per heavy atom. The lowest BCUT2D eigenvalue weighted by atomic mass is 9.99. The van der Waals surface area contributed by atoms with Crippen LogP contribution in [0.5, 0.6) is 11.5 Å². The molecule has 0 spiro atoms. The van der Waals surface area contributed by atoms with Crippen molar-refractivity contribution in [3.63, 3.8) is 0 Å². The molecule has 0 heterocycles. The first kappa shape index (κ1) is 16.1. The molecule has 0 radical (unpaired) electrons. The fourth-order valence-electron chi connectivity index (χ4n) is 2.16. The monoisotopic (exact) mass is 370 g/mol. The molecular formula is C15H16BrClN2O2. The van der Waals surface area contributed by atoms with Gasteiger partial charge < -0.3 is 9.47 Å². The van der Waals surface area contributed by atoms with E-state index in [1.807, 2.05) is 36.4 Å². The van der Waals surface area contributed by atoms with Crippen LogP contribution in [0.25, 0.3) is 0 Å². The minimum atomic E-state index is -0.209. The van der Waals surface area contributed by atoms with Crippen molar-refractivity contribution >= 4 is 27.5 Å². The Labute approximate surface area is 137 Å². The first-order valence-corrected chi connectivity index (χ1v) is 7.40. The Balaban J connectivity index is 2.45. The van der Waals surface area contributed by atoms with Crippen LogP contribution in [0.1, 0.15) is 17.2 Å². The van der Waals surface area contributed by atoms with Crippen LogP contribution in [0.2, 0.25) is 5.02 Å². The van der Waals surface area contributed by atoms with Gasteiger partial charge in [0, 0.05) is 9.50 Å². The Morgan fingerprint density at radius 1 is 1.05 bits per heavy atom. The van der Waals surface area contributed by atoms with E-state index in [-0.39, 0.29) is 6.04 Å². The van der Waals surface area contributed by atoms with Gasteiger partial charge in [-0.05, 0) is 41.5 Å². The maximum absolute atomic E-state index is 6.10. The number of benzene rings is 2. The smallest absolute Gasteiger partial charge is 0.161 e. The quantitative estimate of drug-likeness (QED) is 0.622. The van der Waals surface area contributed by atoms with Crippen molar-refractivity contribution in [3.8, 4) is 11.5 Å². The molecule has 1 atom stereocenters. The van der Waals surface area contributed by atoms with Crippen molar-refractivity contribution in [2.45, 2.75) is 6.04 Å². The Bertz CT molecular complexity index is 617. The fourth-order valence-corrected chi connectivity index (χ4v) is 3.05. The molecule has 0 saturated heterocycles. The van der Waals surface area contributed by atoms with E-state index < -0.39 is 0 Å². The van der Waals surface area contributed by atoms with Crippen LogP contribution in [0, 0.1) is 0 Å². The normalized spacial score (nSPS) is 12.0. The van der Waals surface area contributed by atoms with Crippen LogP contribution < -0.4 is 20.7 Å². The maximum atomic E-state index is 6.10. The highest BCUT2D eigenvalue weighted by molar-refractivity contribution is 9.10. The van der Waals surface area contributed by atoms with E-state index in [0.29, 0.717) is 16.5 Å². The van der Waals surface area contributed by atoms with Crippen molar-refractivity contribution in [3.05, 3.63) is 57.0 Å². The van der Waals surface area contributed by atoms with Gasteiger partial charge in [0.1, 0.15) is 0 Å². The topological polar surface area (TPSA) is 56.5 Å². The van der Waals surface area contributed by atoms with E-state index in [0.717, 1.165) is 15.6 Å². The van der Waals surface area contributed by atoms with Crippen LogP contribution in [0.4, 0.5) is 0 Å². The molecule has 6 heteroatoms. The number of hydrazine groups is 1. The molecule has 3 N–H and O–H groups in total. The van der Waals surface area contributed by atoms with E-state index >= 15 is 0 Å². The number of rotatable bonds is 5. The number of halogens is 2. The van der Waals surface area contributed by atoms with Crippen LogP contribution in [0.15, 0.2) is 40.9 Å². The van der Waals surface area contributed by atoms with Gasteiger partial charge in [0.05, 0.1) is 20.3 Å². The summed E-state index contributed by atoms with van der Waals surface area (Å²) in [6, 6.07) is 11.1. The van der Waals surface area contributed by atoms with Crippen LogP contribution in [-0.2, 0) is 0 Å². The van der Waals surface area contributed by atoms with Crippen molar-refractivity contribution < 1.29 is 9.47 Å². The van der Waals surface area contributed by atoms with Gasteiger partial charge in [-0.1, -0.05) is 33.6 Å². The number of hydrogen-bond acceptors (Lipinski definition) is 4. The number of hydrogen-bond donors (Lipinski definition) is 2. The van der Waals surface area contributed by atoms with Gasteiger partial charge in [-0.2, -0.15) is 0 Å². The summed E-state index contributed by atoms with van der Waals surface area (Å²) in [5.74, 6) is 7.04. The van der Waals surface area contributed by atoms with Crippen molar-refractivity contribution in [1.82, 2.24) is 5.43 Å². The molecule has 2 aromatic rings. The zero-order valence-corrected chi connectivity index (χ0v) is 14.0. The number of ether oxygens (including phenoxy) is 2. The molecule has 0 aliphatic rings. The lowest BCUT2D eigenvalue weighted by molar-refractivity contribution is 0.354. The van der Waals surface area contributed by atoms with Gasteiger partial charge in [0.2, 0.25) is 0 Å². The lowest BCUT2D eigenvalue weighted by Gasteiger charge is -2.19. The second-order valence-electron chi connectivity index (χ2n) is 4.42. The summed E-state index contributed by atoms with van der Waals surface area (Å²) in [7, 11) is 3.20. The molecule has 0 aromatic heterocycles. The van der Waals surface area contributed by atoms with Gasteiger partial charge in [-0.25, -0.2) is 5.43 Å². The standard InChI is InChI=1S/C15H16BrClN2O2/c1-20-13-4-3-9(7-14(13)21-2)15(19-18)10-5-11(16)8-12(17)6-10/h3-8,15,19H,18H2,1-2H3. The van der Waals surface area contributed by atoms with Crippen molar-refractivity contribution in [2.75, 3.05) is 14.2 Å². The van der Waals surface area contributed by atoms with E-state index in [1.165, 1.54) is 0 Å². The van der Waals surface area contributed by atoms with Gasteiger partial charge in [-0.3, -0.25) is 5.84 Å². The average molecular weight is 372 g/mol. The van der Waals surface area contributed by atoms with Gasteiger partial charge >= 0.3 is 0 Å².